The van der Waals surface area contributed by atoms with E-state index in [1.807, 2.05) is 0 Å². The van der Waals surface area contributed by atoms with Crippen LogP contribution in [0.3, 0.4) is 0 Å². The van der Waals surface area contributed by atoms with Gasteiger partial charge in [-0.25, -0.2) is 0 Å². The number of aromatic hydroxyl groups is 1. The van der Waals surface area contributed by atoms with Gasteiger partial charge in [0.25, 0.3) is 5.91 Å². The molecule has 0 unspecified atom stereocenters. The Balaban J connectivity index is 1.58. The minimum Gasteiger partial charge on any atom is -0.505 e. The van der Waals surface area contributed by atoms with Crippen molar-refractivity contribution in [2.45, 2.75) is 12.8 Å². The van der Waals surface area contributed by atoms with Crippen molar-refractivity contribution in [1.82, 2.24) is 13.6 Å². The van der Waals surface area contributed by atoms with Gasteiger partial charge in [0.1, 0.15) is 0 Å². The molecule has 1 fully saturated rings. The topological polar surface area (TPSA) is 90.4 Å². The summed E-state index contributed by atoms with van der Waals surface area (Å²) in [5.41, 5.74) is 1.20. The van der Waals surface area contributed by atoms with E-state index in [-0.39, 0.29) is 17.2 Å². The third kappa shape index (κ3) is 4.10. The van der Waals surface area contributed by atoms with Crippen LogP contribution in [0.15, 0.2) is 36.4 Å². The van der Waals surface area contributed by atoms with E-state index in [1.165, 1.54) is 0 Å². The van der Waals surface area contributed by atoms with Crippen molar-refractivity contribution in [3.8, 4) is 5.75 Å². The first-order valence-corrected chi connectivity index (χ1v) is 10.4. The molecule has 1 aliphatic rings. The standard InChI is InChI=1S/C19H17Cl2N5O2S/c20-12-6-4-7-13(15(12)21)22-17-18(25-29-24-17)23-14-8-3-5-11(16(14)27)19(28)26-9-1-2-10-26/h3-8,27H,1-2,9-10H2,(H,22,24)(H,23,25). The van der Waals surface area contributed by atoms with Crippen LogP contribution in [0.2, 0.25) is 10.0 Å². The Labute approximate surface area is 181 Å². The SMILES string of the molecule is O=C(c1cccc(Nc2nsnc2Nc2cccc(Cl)c2Cl)c1O)N1CCCC1. The van der Waals surface area contributed by atoms with Crippen molar-refractivity contribution in [3.05, 3.63) is 52.0 Å². The first kappa shape index (κ1) is 19.8. The summed E-state index contributed by atoms with van der Waals surface area (Å²) in [7, 11) is 0. The number of phenolic OH excluding ortho intramolecular Hbond substituents is 1. The number of halogens is 2. The van der Waals surface area contributed by atoms with Crippen molar-refractivity contribution in [1.29, 1.82) is 0 Å². The second kappa shape index (κ2) is 8.44. The van der Waals surface area contributed by atoms with Crippen molar-refractivity contribution in [3.63, 3.8) is 0 Å². The van der Waals surface area contributed by atoms with Gasteiger partial charge >= 0.3 is 0 Å². The van der Waals surface area contributed by atoms with Gasteiger partial charge in [-0.1, -0.05) is 35.3 Å². The van der Waals surface area contributed by atoms with Crippen LogP contribution in [0.1, 0.15) is 23.2 Å². The number of rotatable bonds is 5. The Hall–Kier alpha value is -2.55. The molecule has 0 aliphatic carbocycles. The highest BCUT2D eigenvalue weighted by molar-refractivity contribution is 6.99. The monoisotopic (exact) mass is 449 g/mol. The third-order valence-electron chi connectivity index (χ3n) is 4.61. The molecule has 4 rings (SSSR count). The zero-order valence-corrected chi connectivity index (χ0v) is 17.5. The number of carbonyl (C=O) groups is 1. The molecule has 7 nitrogen and oxygen atoms in total. The fraction of sp³-hybridized carbons (Fsp3) is 0.211. The molecule has 0 saturated carbocycles. The maximum Gasteiger partial charge on any atom is 0.257 e. The van der Waals surface area contributed by atoms with Gasteiger partial charge in [0.15, 0.2) is 17.4 Å². The van der Waals surface area contributed by atoms with Crippen LogP contribution in [0, 0.1) is 0 Å². The highest BCUT2D eigenvalue weighted by Gasteiger charge is 2.23. The molecule has 1 saturated heterocycles. The number of carbonyl (C=O) groups excluding carboxylic acids is 1. The maximum absolute atomic E-state index is 12.7. The number of amides is 1. The molecule has 1 aromatic heterocycles. The minimum absolute atomic E-state index is 0.121. The largest absolute Gasteiger partial charge is 0.505 e. The average molecular weight is 450 g/mol. The van der Waals surface area contributed by atoms with Crippen LogP contribution in [-0.2, 0) is 0 Å². The zero-order valence-electron chi connectivity index (χ0n) is 15.2. The van der Waals surface area contributed by atoms with Crippen LogP contribution < -0.4 is 10.6 Å². The predicted molar refractivity (Wildman–Crippen MR) is 116 cm³/mol. The summed E-state index contributed by atoms with van der Waals surface area (Å²) in [5, 5.41) is 17.6. The first-order valence-electron chi connectivity index (χ1n) is 8.96. The summed E-state index contributed by atoms with van der Waals surface area (Å²) in [6.45, 7) is 1.42. The molecular weight excluding hydrogens is 433 g/mol. The summed E-state index contributed by atoms with van der Waals surface area (Å²) in [5.74, 6) is 0.523. The third-order valence-corrected chi connectivity index (χ3v) is 5.95. The summed E-state index contributed by atoms with van der Waals surface area (Å²) < 4.78 is 8.45. The first-order chi connectivity index (χ1) is 14.0. The van der Waals surface area contributed by atoms with Gasteiger partial charge in [0.05, 0.1) is 38.7 Å². The number of aromatic nitrogens is 2. The maximum atomic E-state index is 12.7. The fourth-order valence-electron chi connectivity index (χ4n) is 3.12. The molecule has 0 spiro atoms. The molecule has 10 heteroatoms. The lowest BCUT2D eigenvalue weighted by Gasteiger charge is -2.17. The zero-order chi connectivity index (χ0) is 20.4. The van der Waals surface area contributed by atoms with Crippen molar-refractivity contribution >= 4 is 63.8 Å². The van der Waals surface area contributed by atoms with E-state index in [2.05, 4.69) is 19.4 Å². The summed E-state index contributed by atoms with van der Waals surface area (Å²) in [6.07, 6.45) is 1.96. The summed E-state index contributed by atoms with van der Waals surface area (Å²) >= 11 is 13.3. The Morgan fingerprint density at radius 1 is 1.00 bits per heavy atom. The Bertz CT molecular complexity index is 1050. The molecular formula is C19H17Cl2N5O2S. The predicted octanol–water partition coefficient (Wildman–Crippen LogP) is 5.27. The average Bonchev–Trinajstić information content (AvgIpc) is 3.39. The number of nitrogens with zero attached hydrogens (tertiary/aromatic N) is 3. The van der Waals surface area contributed by atoms with Gasteiger partial charge in [0.2, 0.25) is 0 Å². The number of likely N-dealkylation sites (tertiary alicyclic amines) is 1. The number of hydrogen-bond acceptors (Lipinski definition) is 7. The second-order valence-electron chi connectivity index (χ2n) is 6.51. The summed E-state index contributed by atoms with van der Waals surface area (Å²) in [4.78, 5) is 14.4. The molecule has 2 aromatic carbocycles. The highest BCUT2D eigenvalue weighted by atomic mass is 35.5. The molecule has 0 atom stereocenters. The quantitative estimate of drug-likeness (QED) is 0.459. The lowest BCUT2D eigenvalue weighted by molar-refractivity contribution is 0.0790. The smallest absolute Gasteiger partial charge is 0.257 e. The number of anilines is 4. The van der Waals surface area contributed by atoms with E-state index in [1.54, 1.807) is 41.3 Å². The molecule has 150 valence electrons. The van der Waals surface area contributed by atoms with E-state index in [0.29, 0.717) is 46.1 Å². The van der Waals surface area contributed by atoms with Gasteiger partial charge < -0.3 is 20.6 Å². The van der Waals surface area contributed by atoms with Crippen molar-refractivity contribution < 1.29 is 9.90 Å². The van der Waals surface area contributed by atoms with E-state index < -0.39 is 0 Å². The summed E-state index contributed by atoms with van der Waals surface area (Å²) in [6, 6.07) is 10.2. The lowest BCUT2D eigenvalue weighted by Crippen LogP contribution is -2.27. The molecule has 3 N–H and O–H groups in total. The van der Waals surface area contributed by atoms with E-state index in [4.69, 9.17) is 23.2 Å². The van der Waals surface area contributed by atoms with E-state index >= 15 is 0 Å². The van der Waals surface area contributed by atoms with Crippen LogP contribution in [0.25, 0.3) is 0 Å². The van der Waals surface area contributed by atoms with Gasteiger partial charge in [-0.15, -0.1) is 0 Å². The normalized spacial score (nSPS) is 13.5. The molecule has 0 radical (unpaired) electrons. The van der Waals surface area contributed by atoms with Crippen LogP contribution in [-0.4, -0.2) is 37.8 Å². The van der Waals surface area contributed by atoms with Gasteiger partial charge in [0, 0.05) is 13.1 Å². The molecule has 3 aromatic rings. The minimum atomic E-state index is -0.177. The Morgan fingerprint density at radius 2 is 1.62 bits per heavy atom. The van der Waals surface area contributed by atoms with Crippen molar-refractivity contribution in [2.24, 2.45) is 0 Å². The fourth-order valence-corrected chi connectivity index (χ4v) is 3.93. The lowest BCUT2D eigenvalue weighted by atomic mass is 10.1. The number of hydrogen-bond donors (Lipinski definition) is 3. The number of para-hydroxylation sites is 1. The highest BCUT2D eigenvalue weighted by Crippen LogP contribution is 2.36. The van der Waals surface area contributed by atoms with Crippen LogP contribution in [0.4, 0.5) is 23.0 Å². The van der Waals surface area contributed by atoms with Gasteiger partial charge in [-0.05, 0) is 37.1 Å². The number of benzene rings is 2. The number of phenols is 1. The number of nitrogens with one attached hydrogen (secondary N) is 2. The van der Waals surface area contributed by atoms with Crippen molar-refractivity contribution in [2.75, 3.05) is 23.7 Å². The van der Waals surface area contributed by atoms with E-state index in [9.17, 15) is 9.90 Å². The van der Waals surface area contributed by atoms with Gasteiger partial charge in [-0.3, -0.25) is 4.79 Å². The molecule has 0 bridgehead atoms. The Morgan fingerprint density at radius 3 is 2.34 bits per heavy atom. The second-order valence-corrected chi connectivity index (χ2v) is 7.83. The molecule has 1 amide bonds. The van der Waals surface area contributed by atoms with Gasteiger partial charge in [-0.2, -0.15) is 8.75 Å². The van der Waals surface area contributed by atoms with E-state index in [0.717, 1.165) is 24.6 Å². The Kier molecular flexibility index (Phi) is 5.75. The van der Waals surface area contributed by atoms with Crippen LogP contribution in [0.5, 0.6) is 5.75 Å². The molecule has 1 aliphatic heterocycles. The molecule has 2 heterocycles. The van der Waals surface area contributed by atoms with Crippen LogP contribution >= 0.6 is 34.9 Å². The molecule has 29 heavy (non-hydrogen) atoms.